The number of nitrogens with one attached hydrogen (secondary N) is 1. The van der Waals surface area contributed by atoms with Crippen LogP contribution in [0.5, 0.6) is 0 Å². The lowest BCUT2D eigenvalue weighted by molar-refractivity contribution is 0.0958. The second-order valence-electron chi connectivity index (χ2n) is 2.74. The molecule has 0 atom stereocenters. The Morgan fingerprint density at radius 3 is 2.93 bits per heavy atom. The second kappa shape index (κ2) is 4.80. The van der Waals surface area contributed by atoms with Gasteiger partial charge in [0.05, 0.1) is 17.8 Å². The van der Waals surface area contributed by atoms with Crippen molar-refractivity contribution in [3.05, 3.63) is 28.0 Å². The fraction of sp³-hybridized carbons (Fsp3) is 0.100. The normalized spacial score (nSPS) is 9.40. The van der Waals surface area contributed by atoms with Crippen LogP contribution in [0, 0.1) is 18.2 Å². The van der Waals surface area contributed by atoms with Gasteiger partial charge < -0.3 is 11.1 Å². The lowest BCUT2D eigenvalue weighted by Crippen LogP contribution is -2.24. The van der Waals surface area contributed by atoms with Gasteiger partial charge in [-0.05, 0) is 28.1 Å². The number of hydrogen-bond acceptors (Lipinski definition) is 2. The molecular formula is C10H8BrFN2O. The molecule has 0 saturated carbocycles. The molecule has 0 heterocycles. The first kappa shape index (κ1) is 11.5. The molecule has 0 aliphatic carbocycles. The van der Waals surface area contributed by atoms with Crippen LogP contribution in [0.1, 0.15) is 10.4 Å². The monoisotopic (exact) mass is 270 g/mol. The van der Waals surface area contributed by atoms with E-state index in [9.17, 15) is 9.18 Å². The summed E-state index contributed by atoms with van der Waals surface area (Å²) in [4.78, 5) is 11.5. The van der Waals surface area contributed by atoms with E-state index in [2.05, 4.69) is 27.2 Å². The highest BCUT2D eigenvalue weighted by Crippen LogP contribution is 2.22. The Morgan fingerprint density at radius 2 is 2.33 bits per heavy atom. The van der Waals surface area contributed by atoms with E-state index >= 15 is 0 Å². The van der Waals surface area contributed by atoms with Crippen LogP contribution in [0.15, 0.2) is 16.6 Å². The number of nitrogen functional groups attached to an aromatic ring is 1. The van der Waals surface area contributed by atoms with Crippen molar-refractivity contribution >= 4 is 27.5 Å². The molecule has 15 heavy (non-hydrogen) atoms. The molecule has 0 radical (unpaired) electrons. The Labute approximate surface area is 95.0 Å². The number of benzene rings is 1. The average Bonchev–Trinajstić information content (AvgIpc) is 2.20. The SMILES string of the molecule is C#CCNC(=O)c1cc(N)c(F)cc1Br. The lowest BCUT2D eigenvalue weighted by Gasteiger charge is -2.06. The predicted molar refractivity (Wildman–Crippen MR) is 59.7 cm³/mol. The summed E-state index contributed by atoms with van der Waals surface area (Å²) < 4.78 is 13.3. The molecule has 0 unspecified atom stereocenters. The largest absolute Gasteiger partial charge is 0.396 e. The smallest absolute Gasteiger partial charge is 0.253 e. The Hall–Kier alpha value is -1.54. The summed E-state index contributed by atoms with van der Waals surface area (Å²) >= 11 is 3.07. The van der Waals surface area contributed by atoms with Crippen LogP contribution in [-0.4, -0.2) is 12.5 Å². The van der Waals surface area contributed by atoms with Gasteiger partial charge in [0.25, 0.3) is 5.91 Å². The second-order valence-corrected chi connectivity index (χ2v) is 3.59. The number of anilines is 1. The molecule has 3 nitrogen and oxygen atoms in total. The van der Waals surface area contributed by atoms with Crippen LogP contribution < -0.4 is 11.1 Å². The van der Waals surface area contributed by atoms with Crippen LogP contribution in [0.2, 0.25) is 0 Å². The lowest BCUT2D eigenvalue weighted by atomic mass is 10.2. The van der Waals surface area contributed by atoms with E-state index in [0.29, 0.717) is 4.47 Å². The number of nitrogens with two attached hydrogens (primary N) is 1. The molecule has 0 aromatic heterocycles. The summed E-state index contributed by atoms with van der Waals surface area (Å²) in [7, 11) is 0. The molecule has 0 spiro atoms. The zero-order valence-electron chi connectivity index (χ0n) is 7.68. The quantitative estimate of drug-likeness (QED) is 0.633. The molecular weight excluding hydrogens is 263 g/mol. The minimum Gasteiger partial charge on any atom is -0.396 e. The number of hydrogen-bond donors (Lipinski definition) is 2. The third-order valence-electron chi connectivity index (χ3n) is 1.68. The predicted octanol–water partition coefficient (Wildman–Crippen LogP) is 1.53. The van der Waals surface area contributed by atoms with Crippen molar-refractivity contribution < 1.29 is 9.18 Å². The highest BCUT2D eigenvalue weighted by atomic mass is 79.9. The van der Waals surface area contributed by atoms with E-state index in [0.717, 1.165) is 6.07 Å². The van der Waals surface area contributed by atoms with Crippen molar-refractivity contribution in [1.29, 1.82) is 0 Å². The molecule has 1 rings (SSSR count). The van der Waals surface area contributed by atoms with Gasteiger partial charge in [0.2, 0.25) is 0 Å². The molecule has 0 bridgehead atoms. The Kier molecular flexibility index (Phi) is 3.69. The maximum absolute atomic E-state index is 13.0. The molecule has 0 saturated heterocycles. The molecule has 0 aliphatic heterocycles. The highest BCUT2D eigenvalue weighted by molar-refractivity contribution is 9.10. The van der Waals surface area contributed by atoms with Gasteiger partial charge in [0.1, 0.15) is 5.82 Å². The molecule has 3 N–H and O–H groups in total. The summed E-state index contributed by atoms with van der Waals surface area (Å²) in [6.07, 6.45) is 4.99. The van der Waals surface area contributed by atoms with Crippen LogP contribution in [0.25, 0.3) is 0 Å². The number of carbonyl (C=O) groups excluding carboxylic acids is 1. The van der Waals surface area contributed by atoms with Crippen LogP contribution >= 0.6 is 15.9 Å². The van der Waals surface area contributed by atoms with Crippen molar-refractivity contribution in [1.82, 2.24) is 5.32 Å². The minimum atomic E-state index is -0.574. The van der Waals surface area contributed by atoms with Crippen LogP contribution in [0.4, 0.5) is 10.1 Å². The number of amides is 1. The van der Waals surface area contributed by atoms with Gasteiger partial charge in [0.15, 0.2) is 0 Å². The first-order valence-electron chi connectivity index (χ1n) is 4.02. The van der Waals surface area contributed by atoms with Crippen molar-refractivity contribution in [2.24, 2.45) is 0 Å². The first-order chi connectivity index (χ1) is 7.06. The fourth-order valence-corrected chi connectivity index (χ4v) is 1.46. The zero-order valence-corrected chi connectivity index (χ0v) is 9.27. The van der Waals surface area contributed by atoms with E-state index in [-0.39, 0.29) is 17.8 Å². The maximum Gasteiger partial charge on any atom is 0.253 e. The van der Waals surface area contributed by atoms with E-state index < -0.39 is 11.7 Å². The standard InChI is InChI=1S/C10H8BrFN2O/c1-2-3-14-10(15)6-4-9(13)8(12)5-7(6)11/h1,4-5H,3,13H2,(H,14,15). The van der Waals surface area contributed by atoms with E-state index in [4.69, 9.17) is 12.2 Å². The third kappa shape index (κ3) is 2.70. The Morgan fingerprint density at radius 1 is 1.67 bits per heavy atom. The molecule has 0 fully saturated rings. The number of carbonyl (C=O) groups is 1. The molecule has 1 amide bonds. The highest BCUT2D eigenvalue weighted by Gasteiger charge is 2.12. The number of halogens is 2. The van der Waals surface area contributed by atoms with Crippen molar-refractivity contribution in [3.63, 3.8) is 0 Å². The fourth-order valence-electron chi connectivity index (χ4n) is 0.966. The molecule has 1 aromatic carbocycles. The van der Waals surface area contributed by atoms with Crippen LogP contribution in [-0.2, 0) is 0 Å². The topological polar surface area (TPSA) is 55.1 Å². The van der Waals surface area contributed by atoms with Crippen molar-refractivity contribution in [3.8, 4) is 12.3 Å². The molecule has 0 aliphatic rings. The van der Waals surface area contributed by atoms with Gasteiger partial charge in [-0.1, -0.05) is 5.92 Å². The van der Waals surface area contributed by atoms with E-state index in [1.165, 1.54) is 6.07 Å². The van der Waals surface area contributed by atoms with E-state index in [1.807, 2.05) is 0 Å². The number of terminal acetylenes is 1. The summed E-state index contributed by atoms with van der Waals surface area (Å²) in [6.45, 7) is 0.114. The van der Waals surface area contributed by atoms with Crippen LogP contribution in [0.3, 0.4) is 0 Å². The van der Waals surface area contributed by atoms with Crippen molar-refractivity contribution in [2.75, 3.05) is 12.3 Å². The summed E-state index contributed by atoms with van der Waals surface area (Å²) in [6, 6.07) is 2.39. The third-order valence-corrected chi connectivity index (χ3v) is 2.34. The van der Waals surface area contributed by atoms with Gasteiger partial charge >= 0.3 is 0 Å². The summed E-state index contributed by atoms with van der Waals surface area (Å²) in [5.41, 5.74) is 5.51. The van der Waals surface area contributed by atoms with E-state index in [1.54, 1.807) is 0 Å². The van der Waals surface area contributed by atoms with Gasteiger partial charge in [-0.3, -0.25) is 4.79 Å². The van der Waals surface area contributed by atoms with Gasteiger partial charge in [-0.15, -0.1) is 6.42 Å². The summed E-state index contributed by atoms with van der Waals surface area (Å²) in [5.74, 6) is 1.29. The minimum absolute atomic E-state index is 0.0796. The van der Waals surface area contributed by atoms with Gasteiger partial charge in [0, 0.05) is 4.47 Å². The first-order valence-corrected chi connectivity index (χ1v) is 4.81. The zero-order chi connectivity index (χ0) is 11.4. The van der Waals surface area contributed by atoms with Gasteiger partial charge in [-0.2, -0.15) is 0 Å². The Bertz CT molecular complexity index is 440. The molecule has 1 aromatic rings. The van der Waals surface area contributed by atoms with Crippen molar-refractivity contribution in [2.45, 2.75) is 0 Å². The Balaban J connectivity index is 3.00. The maximum atomic E-state index is 13.0. The summed E-state index contributed by atoms with van der Waals surface area (Å²) in [5, 5.41) is 2.45. The van der Waals surface area contributed by atoms with Gasteiger partial charge in [-0.25, -0.2) is 4.39 Å². The average molecular weight is 271 g/mol. The molecule has 78 valence electrons. The molecule has 5 heteroatoms. The number of rotatable bonds is 2.